The molecule has 0 saturated heterocycles. The van der Waals surface area contributed by atoms with Crippen LogP contribution in [-0.4, -0.2) is 44.3 Å². The molecule has 2 aromatic carbocycles. The molecule has 0 unspecified atom stereocenters. The predicted molar refractivity (Wildman–Crippen MR) is 119 cm³/mol. The van der Waals surface area contributed by atoms with Gasteiger partial charge in [-0.25, -0.2) is 9.59 Å². The minimum atomic E-state index is -0.928. The summed E-state index contributed by atoms with van der Waals surface area (Å²) >= 11 is 0. The van der Waals surface area contributed by atoms with Gasteiger partial charge in [0.25, 0.3) is 0 Å². The van der Waals surface area contributed by atoms with Crippen LogP contribution < -0.4 is 15.4 Å². The monoisotopic (exact) mass is 442 g/mol. The number of ether oxygens (including phenoxy) is 3. The van der Waals surface area contributed by atoms with Crippen molar-refractivity contribution < 1.29 is 28.6 Å². The molecule has 0 spiro atoms. The van der Waals surface area contributed by atoms with Crippen molar-refractivity contribution in [2.75, 3.05) is 14.2 Å². The highest BCUT2D eigenvalue weighted by Gasteiger charge is 2.30. The number of esters is 1. The number of methoxy groups -OCH3 is 2. The van der Waals surface area contributed by atoms with E-state index in [1.165, 1.54) is 7.11 Å². The molecule has 0 aliphatic heterocycles. The van der Waals surface area contributed by atoms with Crippen molar-refractivity contribution in [3.63, 3.8) is 0 Å². The Kier molecular flexibility index (Phi) is 9.53. The summed E-state index contributed by atoms with van der Waals surface area (Å²) in [7, 11) is 2.81. The van der Waals surface area contributed by atoms with Gasteiger partial charge in [0.1, 0.15) is 24.4 Å². The standard InChI is InChI=1S/C24H30N2O6/c1-16(2)21(26-24(29)32-15-17-9-6-5-7-10-17)22(27)25-20(23(28)31-4)14-18-11-8-12-19(13-18)30-3/h5-13,16,20-21H,14-15H2,1-4H3,(H,25,27)(H,26,29)/t20-,21+/m0/s1. The van der Waals surface area contributed by atoms with Crippen molar-refractivity contribution in [2.24, 2.45) is 5.92 Å². The number of hydrogen-bond donors (Lipinski definition) is 2. The van der Waals surface area contributed by atoms with Crippen LogP contribution in [0.15, 0.2) is 54.6 Å². The minimum Gasteiger partial charge on any atom is -0.497 e. The summed E-state index contributed by atoms with van der Waals surface area (Å²) in [5.41, 5.74) is 1.62. The zero-order valence-electron chi connectivity index (χ0n) is 18.8. The molecule has 2 aromatic rings. The fraction of sp³-hybridized carbons (Fsp3) is 0.375. The van der Waals surface area contributed by atoms with Crippen LogP contribution in [-0.2, 0) is 32.1 Å². The SMILES string of the molecule is COC(=O)[C@H](Cc1cccc(OC)c1)NC(=O)[C@H](NC(=O)OCc1ccccc1)C(C)C. The van der Waals surface area contributed by atoms with E-state index in [1.54, 1.807) is 39.2 Å². The Balaban J connectivity index is 2.03. The van der Waals surface area contributed by atoms with E-state index in [2.05, 4.69) is 10.6 Å². The van der Waals surface area contributed by atoms with E-state index >= 15 is 0 Å². The van der Waals surface area contributed by atoms with E-state index in [0.29, 0.717) is 5.75 Å². The first-order valence-electron chi connectivity index (χ1n) is 10.3. The van der Waals surface area contributed by atoms with Gasteiger partial charge in [-0.1, -0.05) is 56.3 Å². The predicted octanol–water partition coefficient (Wildman–Crippen LogP) is 2.85. The average Bonchev–Trinajstić information content (AvgIpc) is 2.80. The third-order valence-electron chi connectivity index (χ3n) is 4.81. The number of carbonyl (C=O) groups excluding carboxylic acids is 3. The van der Waals surface area contributed by atoms with Gasteiger partial charge in [0.15, 0.2) is 0 Å². The molecule has 0 saturated carbocycles. The maximum atomic E-state index is 12.9. The molecular formula is C24H30N2O6. The molecule has 2 atom stereocenters. The van der Waals surface area contributed by atoms with Crippen molar-refractivity contribution in [3.8, 4) is 5.75 Å². The van der Waals surface area contributed by atoms with Gasteiger partial charge in [-0.15, -0.1) is 0 Å². The first kappa shape index (κ1) is 24.7. The van der Waals surface area contributed by atoms with Gasteiger partial charge in [0.05, 0.1) is 14.2 Å². The molecule has 0 fully saturated rings. The highest BCUT2D eigenvalue weighted by atomic mass is 16.5. The van der Waals surface area contributed by atoms with Crippen molar-refractivity contribution in [3.05, 3.63) is 65.7 Å². The lowest BCUT2D eigenvalue weighted by Crippen LogP contribution is -2.54. The second kappa shape index (κ2) is 12.3. The molecule has 0 bridgehead atoms. The summed E-state index contributed by atoms with van der Waals surface area (Å²) in [5.74, 6) is -0.694. The Bertz CT molecular complexity index is 900. The van der Waals surface area contributed by atoms with E-state index in [4.69, 9.17) is 14.2 Å². The van der Waals surface area contributed by atoms with E-state index < -0.39 is 30.1 Å². The summed E-state index contributed by atoms with van der Waals surface area (Å²) in [6, 6.07) is 14.6. The molecule has 172 valence electrons. The molecule has 0 radical (unpaired) electrons. The van der Waals surface area contributed by atoms with E-state index in [0.717, 1.165) is 11.1 Å². The second-order valence-electron chi connectivity index (χ2n) is 7.57. The van der Waals surface area contributed by atoms with Crippen LogP contribution in [0.2, 0.25) is 0 Å². The number of hydrogen-bond acceptors (Lipinski definition) is 6. The Hall–Kier alpha value is -3.55. The quantitative estimate of drug-likeness (QED) is 0.549. The second-order valence-corrected chi connectivity index (χ2v) is 7.57. The summed E-state index contributed by atoms with van der Waals surface area (Å²) in [6.45, 7) is 3.66. The Morgan fingerprint density at radius 3 is 2.22 bits per heavy atom. The van der Waals surface area contributed by atoms with Crippen LogP contribution in [0.5, 0.6) is 5.75 Å². The number of rotatable bonds is 10. The average molecular weight is 443 g/mol. The van der Waals surface area contributed by atoms with Gasteiger partial charge in [-0.05, 0) is 29.2 Å². The van der Waals surface area contributed by atoms with E-state index in [-0.39, 0.29) is 18.9 Å². The van der Waals surface area contributed by atoms with Crippen LogP contribution in [0.4, 0.5) is 4.79 Å². The van der Waals surface area contributed by atoms with Crippen LogP contribution >= 0.6 is 0 Å². The van der Waals surface area contributed by atoms with Gasteiger partial charge >= 0.3 is 12.1 Å². The van der Waals surface area contributed by atoms with Crippen LogP contribution in [0.3, 0.4) is 0 Å². The lowest BCUT2D eigenvalue weighted by atomic mass is 10.0. The Labute approximate surface area is 188 Å². The molecule has 0 heterocycles. The van der Waals surface area contributed by atoms with Crippen molar-refractivity contribution in [1.82, 2.24) is 10.6 Å². The smallest absolute Gasteiger partial charge is 0.408 e. The molecule has 2 rings (SSSR count). The molecule has 8 heteroatoms. The number of nitrogens with one attached hydrogen (secondary N) is 2. The highest BCUT2D eigenvalue weighted by Crippen LogP contribution is 2.15. The first-order valence-corrected chi connectivity index (χ1v) is 10.3. The topological polar surface area (TPSA) is 103 Å². The lowest BCUT2D eigenvalue weighted by Gasteiger charge is -2.24. The molecule has 0 aliphatic carbocycles. The normalized spacial score (nSPS) is 12.4. The first-order chi connectivity index (χ1) is 15.3. The summed E-state index contributed by atoms with van der Waals surface area (Å²) in [4.78, 5) is 37.5. The maximum absolute atomic E-state index is 12.9. The van der Waals surface area contributed by atoms with E-state index in [1.807, 2.05) is 36.4 Å². The number of carbonyl (C=O) groups is 3. The third-order valence-corrected chi connectivity index (χ3v) is 4.81. The number of benzene rings is 2. The number of amides is 2. The van der Waals surface area contributed by atoms with Crippen molar-refractivity contribution in [2.45, 2.75) is 39.0 Å². The molecule has 2 amide bonds. The fourth-order valence-electron chi connectivity index (χ4n) is 3.06. The number of alkyl carbamates (subject to hydrolysis) is 1. The van der Waals surface area contributed by atoms with Crippen LogP contribution in [0.1, 0.15) is 25.0 Å². The van der Waals surface area contributed by atoms with E-state index in [9.17, 15) is 14.4 Å². The Morgan fingerprint density at radius 1 is 0.906 bits per heavy atom. The molecule has 2 N–H and O–H groups in total. The van der Waals surface area contributed by atoms with Crippen LogP contribution in [0.25, 0.3) is 0 Å². The lowest BCUT2D eigenvalue weighted by molar-refractivity contribution is -0.145. The zero-order valence-corrected chi connectivity index (χ0v) is 18.8. The van der Waals surface area contributed by atoms with Crippen molar-refractivity contribution in [1.29, 1.82) is 0 Å². The van der Waals surface area contributed by atoms with Crippen molar-refractivity contribution >= 4 is 18.0 Å². The fourth-order valence-corrected chi connectivity index (χ4v) is 3.06. The van der Waals surface area contributed by atoms with Gasteiger partial charge < -0.3 is 24.8 Å². The summed E-state index contributed by atoms with van der Waals surface area (Å²) < 4.78 is 15.3. The molecule has 0 aliphatic rings. The Morgan fingerprint density at radius 2 is 1.59 bits per heavy atom. The van der Waals surface area contributed by atoms with Crippen LogP contribution in [0, 0.1) is 5.92 Å². The largest absolute Gasteiger partial charge is 0.497 e. The summed E-state index contributed by atoms with van der Waals surface area (Å²) in [6.07, 6.45) is -0.510. The third kappa shape index (κ3) is 7.61. The van der Waals surface area contributed by atoms with Gasteiger partial charge in [0, 0.05) is 6.42 Å². The molecule has 0 aromatic heterocycles. The van der Waals surface area contributed by atoms with Gasteiger partial charge in [-0.3, -0.25) is 4.79 Å². The highest BCUT2D eigenvalue weighted by molar-refractivity contribution is 5.90. The summed E-state index contributed by atoms with van der Waals surface area (Å²) in [5, 5.41) is 5.28. The molecule has 8 nitrogen and oxygen atoms in total. The molecule has 32 heavy (non-hydrogen) atoms. The van der Waals surface area contributed by atoms with Gasteiger partial charge in [-0.2, -0.15) is 0 Å². The zero-order chi connectivity index (χ0) is 23.5. The molecular weight excluding hydrogens is 412 g/mol. The maximum Gasteiger partial charge on any atom is 0.408 e. The van der Waals surface area contributed by atoms with Gasteiger partial charge in [0.2, 0.25) is 5.91 Å². The minimum absolute atomic E-state index is 0.0831.